The van der Waals surface area contributed by atoms with Gasteiger partial charge >= 0.3 is 0 Å². The van der Waals surface area contributed by atoms with Crippen molar-refractivity contribution in [1.82, 2.24) is 9.88 Å². The molecule has 2 unspecified atom stereocenters. The molecule has 2 aliphatic rings. The number of nitrogens with zero attached hydrogens (tertiary/aromatic N) is 3. The van der Waals surface area contributed by atoms with Crippen LogP contribution in [0.25, 0.3) is 11.1 Å². The van der Waals surface area contributed by atoms with Crippen molar-refractivity contribution in [2.75, 3.05) is 37.6 Å². The Hall–Kier alpha value is -1.87. The second kappa shape index (κ2) is 6.32. The Kier molecular flexibility index (Phi) is 4.04. The van der Waals surface area contributed by atoms with E-state index in [1.54, 1.807) is 0 Å². The molecule has 2 atom stereocenters. The molecule has 1 aromatic carbocycles. The lowest BCUT2D eigenvalue weighted by atomic mass is 9.98. The van der Waals surface area contributed by atoms with E-state index in [0.29, 0.717) is 0 Å². The third-order valence-electron chi connectivity index (χ3n) is 5.24. The molecule has 2 bridgehead atoms. The van der Waals surface area contributed by atoms with Crippen LogP contribution < -0.4 is 4.90 Å². The zero-order chi connectivity index (χ0) is 15.6. The van der Waals surface area contributed by atoms with Crippen LogP contribution in [0.3, 0.4) is 0 Å². The van der Waals surface area contributed by atoms with Gasteiger partial charge in [-0.3, -0.25) is 4.98 Å². The number of hydrogen-bond donors (Lipinski definition) is 0. The van der Waals surface area contributed by atoms with E-state index in [4.69, 9.17) is 0 Å². The molecule has 0 amide bonds. The molecular formula is C20H25N3. The Morgan fingerprint density at radius 3 is 2.70 bits per heavy atom. The van der Waals surface area contributed by atoms with Crippen LogP contribution in [0, 0.1) is 12.8 Å². The van der Waals surface area contributed by atoms with E-state index in [9.17, 15) is 0 Å². The molecule has 2 saturated heterocycles. The summed E-state index contributed by atoms with van der Waals surface area (Å²) in [7, 11) is 0. The number of piperidine rings is 1. The third kappa shape index (κ3) is 3.25. The minimum Gasteiger partial charge on any atom is -0.369 e. The van der Waals surface area contributed by atoms with Crippen LogP contribution in [-0.4, -0.2) is 42.6 Å². The molecule has 0 aliphatic carbocycles. The van der Waals surface area contributed by atoms with E-state index in [-0.39, 0.29) is 0 Å². The van der Waals surface area contributed by atoms with Gasteiger partial charge in [0.2, 0.25) is 0 Å². The fraction of sp³-hybridized carbons (Fsp3) is 0.450. The van der Waals surface area contributed by atoms with Crippen molar-refractivity contribution in [3.63, 3.8) is 0 Å². The highest BCUT2D eigenvalue weighted by atomic mass is 15.2. The molecule has 0 spiro atoms. The number of fused-ring (bicyclic) bond motifs is 2. The lowest BCUT2D eigenvalue weighted by Gasteiger charge is -2.29. The maximum absolute atomic E-state index is 4.52. The van der Waals surface area contributed by atoms with Crippen molar-refractivity contribution in [2.24, 2.45) is 5.92 Å². The minimum atomic E-state index is 0.814. The van der Waals surface area contributed by atoms with Gasteiger partial charge in [-0.1, -0.05) is 29.8 Å². The topological polar surface area (TPSA) is 19.4 Å². The first-order valence-electron chi connectivity index (χ1n) is 8.77. The molecule has 2 aliphatic heterocycles. The molecular weight excluding hydrogens is 282 g/mol. The highest BCUT2D eigenvalue weighted by molar-refractivity contribution is 5.67. The van der Waals surface area contributed by atoms with Crippen LogP contribution in [0.2, 0.25) is 0 Å². The first kappa shape index (κ1) is 14.7. The summed E-state index contributed by atoms with van der Waals surface area (Å²) < 4.78 is 0. The molecule has 3 heteroatoms. The molecule has 0 N–H and O–H groups in total. The first-order valence-corrected chi connectivity index (χ1v) is 8.77. The molecule has 23 heavy (non-hydrogen) atoms. The summed E-state index contributed by atoms with van der Waals surface area (Å²) in [5, 5.41) is 0. The van der Waals surface area contributed by atoms with Crippen LogP contribution in [0.15, 0.2) is 42.7 Å². The van der Waals surface area contributed by atoms with Gasteiger partial charge in [0.25, 0.3) is 0 Å². The highest BCUT2D eigenvalue weighted by Gasteiger charge is 2.26. The number of pyridine rings is 1. The van der Waals surface area contributed by atoms with Gasteiger partial charge < -0.3 is 9.80 Å². The molecule has 2 fully saturated rings. The predicted octanol–water partition coefficient (Wildman–Crippen LogP) is 3.59. The van der Waals surface area contributed by atoms with E-state index in [1.165, 1.54) is 61.4 Å². The van der Waals surface area contributed by atoms with Crippen LogP contribution >= 0.6 is 0 Å². The fourth-order valence-electron chi connectivity index (χ4n) is 3.91. The predicted molar refractivity (Wildman–Crippen MR) is 95.8 cm³/mol. The van der Waals surface area contributed by atoms with Gasteiger partial charge in [-0.2, -0.15) is 0 Å². The normalized spacial score (nSPS) is 24.3. The zero-order valence-electron chi connectivity index (χ0n) is 13.9. The summed E-state index contributed by atoms with van der Waals surface area (Å²) in [6.45, 7) is 8.17. The molecule has 0 saturated carbocycles. The minimum absolute atomic E-state index is 0.814. The molecule has 2 aromatic rings. The average molecular weight is 307 g/mol. The second-order valence-electron chi connectivity index (χ2n) is 7.05. The van der Waals surface area contributed by atoms with E-state index in [2.05, 4.69) is 52.0 Å². The fourth-order valence-corrected chi connectivity index (χ4v) is 3.91. The van der Waals surface area contributed by atoms with Crippen molar-refractivity contribution in [2.45, 2.75) is 19.8 Å². The highest BCUT2D eigenvalue weighted by Crippen LogP contribution is 2.27. The van der Waals surface area contributed by atoms with Crippen molar-refractivity contribution in [3.05, 3.63) is 48.3 Å². The summed E-state index contributed by atoms with van der Waals surface area (Å²) in [4.78, 5) is 9.69. The van der Waals surface area contributed by atoms with Crippen LogP contribution in [0.4, 0.5) is 5.69 Å². The summed E-state index contributed by atoms with van der Waals surface area (Å²) in [6, 6.07) is 11.0. The van der Waals surface area contributed by atoms with E-state index in [0.717, 1.165) is 12.5 Å². The molecule has 0 radical (unpaired) electrons. The van der Waals surface area contributed by atoms with E-state index in [1.807, 2.05) is 12.4 Å². The molecule has 4 rings (SSSR count). The number of rotatable bonds is 2. The largest absolute Gasteiger partial charge is 0.369 e. The number of anilines is 1. The van der Waals surface area contributed by atoms with Gasteiger partial charge in [-0.05, 0) is 43.9 Å². The monoisotopic (exact) mass is 307 g/mol. The van der Waals surface area contributed by atoms with Gasteiger partial charge in [0, 0.05) is 37.9 Å². The SMILES string of the molecule is Cc1ccc(-c2cncc(N3CCN4CCCC(C4)C3)c2)cc1. The van der Waals surface area contributed by atoms with Gasteiger partial charge in [0.15, 0.2) is 0 Å². The number of aryl methyl sites for hydroxylation is 1. The smallest absolute Gasteiger partial charge is 0.0559 e. The van der Waals surface area contributed by atoms with Gasteiger partial charge in [-0.15, -0.1) is 0 Å². The van der Waals surface area contributed by atoms with Crippen LogP contribution in [0.5, 0.6) is 0 Å². The second-order valence-corrected chi connectivity index (χ2v) is 7.05. The van der Waals surface area contributed by atoms with Gasteiger partial charge in [0.1, 0.15) is 0 Å². The molecule has 3 heterocycles. The molecule has 120 valence electrons. The first-order chi connectivity index (χ1) is 11.3. The quantitative estimate of drug-likeness (QED) is 0.845. The van der Waals surface area contributed by atoms with Crippen molar-refractivity contribution in [3.8, 4) is 11.1 Å². The van der Waals surface area contributed by atoms with E-state index < -0.39 is 0 Å². The summed E-state index contributed by atoms with van der Waals surface area (Å²) in [5.74, 6) is 0.814. The van der Waals surface area contributed by atoms with Gasteiger partial charge in [0.05, 0.1) is 11.9 Å². The summed E-state index contributed by atoms with van der Waals surface area (Å²) in [6.07, 6.45) is 6.74. The number of hydrogen-bond acceptors (Lipinski definition) is 3. The Labute approximate surface area is 139 Å². The number of benzene rings is 1. The van der Waals surface area contributed by atoms with Crippen molar-refractivity contribution < 1.29 is 0 Å². The Morgan fingerprint density at radius 2 is 1.83 bits per heavy atom. The summed E-state index contributed by atoms with van der Waals surface area (Å²) >= 11 is 0. The molecule has 1 aromatic heterocycles. The van der Waals surface area contributed by atoms with Crippen LogP contribution in [0.1, 0.15) is 18.4 Å². The van der Waals surface area contributed by atoms with E-state index >= 15 is 0 Å². The Balaban J connectivity index is 1.59. The third-order valence-corrected chi connectivity index (χ3v) is 5.24. The summed E-state index contributed by atoms with van der Waals surface area (Å²) in [5.41, 5.74) is 5.04. The Bertz CT molecular complexity index is 665. The Morgan fingerprint density at radius 1 is 0.957 bits per heavy atom. The molecule has 3 nitrogen and oxygen atoms in total. The maximum atomic E-state index is 4.52. The lowest BCUT2D eigenvalue weighted by Crippen LogP contribution is -2.35. The van der Waals surface area contributed by atoms with Gasteiger partial charge in [-0.25, -0.2) is 0 Å². The van der Waals surface area contributed by atoms with Crippen molar-refractivity contribution in [1.29, 1.82) is 0 Å². The van der Waals surface area contributed by atoms with Crippen LogP contribution in [-0.2, 0) is 0 Å². The zero-order valence-corrected chi connectivity index (χ0v) is 13.9. The standard InChI is InChI=1S/C20H25N3/c1-16-4-6-18(7-5-16)19-11-20(13-21-12-19)23-10-9-22-8-2-3-17(14-22)15-23/h4-7,11-13,17H,2-3,8-10,14-15H2,1H3. The number of aromatic nitrogens is 1. The lowest BCUT2D eigenvalue weighted by molar-refractivity contribution is 0.201. The van der Waals surface area contributed by atoms with Crippen molar-refractivity contribution >= 4 is 5.69 Å². The maximum Gasteiger partial charge on any atom is 0.0559 e. The average Bonchev–Trinajstić information content (AvgIpc) is 2.73.